The zero-order valence-electron chi connectivity index (χ0n) is 15.8. The van der Waals surface area contributed by atoms with Crippen LogP contribution in [0.2, 0.25) is 0 Å². The number of benzene rings is 2. The van der Waals surface area contributed by atoms with Crippen LogP contribution in [-0.4, -0.2) is 60.6 Å². The summed E-state index contributed by atoms with van der Waals surface area (Å²) in [6, 6.07) is 11.1. The van der Waals surface area contributed by atoms with E-state index in [1.54, 1.807) is 29.2 Å². The van der Waals surface area contributed by atoms with Crippen LogP contribution < -0.4 is 9.64 Å². The zero-order valence-corrected chi connectivity index (χ0v) is 17.4. The summed E-state index contributed by atoms with van der Waals surface area (Å²) in [4.78, 5) is 40.1. The molecule has 0 N–H and O–H groups in total. The van der Waals surface area contributed by atoms with Gasteiger partial charge in [0.05, 0.1) is 34.8 Å². The van der Waals surface area contributed by atoms with E-state index in [0.29, 0.717) is 37.7 Å². The van der Waals surface area contributed by atoms with Gasteiger partial charge in [0.15, 0.2) is 6.10 Å². The lowest BCUT2D eigenvalue weighted by molar-refractivity contribution is -0.385. The maximum absolute atomic E-state index is 13.3. The van der Waals surface area contributed by atoms with Gasteiger partial charge in [-0.2, -0.15) is 0 Å². The van der Waals surface area contributed by atoms with Gasteiger partial charge in [-0.3, -0.25) is 19.7 Å². The molecule has 0 aromatic heterocycles. The third kappa shape index (κ3) is 3.88. The van der Waals surface area contributed by atoms with Crippen LogP contribution in [0.5, 0.6) is 5.75 Å². The number of rotatable bonds is 3. The van der Waals surface area contributed by atoms with Crippen LogP contribution in [0, 0.1) is 10.1 Å². The number of amides is 2. The molecule has 9 nitrogen and oxygen atoms in total. The molecule has 2 heterocycles. The van der Waals surface area contributed by atoms with E-state index >= 15 is 0 Å². The lowest BCUT2D eigenvalue weighted by atomic mass is 10.1. The Morgan fingerprint density at radius 2 is 1.87 bits per heavy atom. The molecule has 4 rings (SSSR count). The van der Waals surface area contributed by atoms with Gasteiger partial charge in [0.25, 0.3) is 17.5 Å². The summed E-state index contributed by atoms with van der Waals surface area (Å²) < 4.78 is 11.5. The van der Waals surface area contributed by atoms with Crippen molar-refractivity contribution in [1.82, 2.24) is 4.90 Å². The molecule has 1 atom stereocenters. The monoisotopic (exact) mass is 475 g/mol. The number of nitrogens with zero attached hydrogens (tertiary/aromatic N) is 3. The highest BCUT2D eigenvalue weighted by molar-refractivity contribution is 9.10. The average molecular weight is 476 g/mol. The number of nitro groups is 1. The first kappa shape index (κ1) is 20.3. The number of fused-ring (bicyclic) bond motifs is 1. The van der Waals surface area contributed by atoms with Crippen LogP contribution in [0.4, 0.5) is 11.4 Å². The van der Waals surface area contributed by atoms with Gasteiger partial charge < -0.3 is 19.3 Å². The minimum absolute atomic E-state index is 0.00982. The van der Waals surface area contributed by atoms with Crippen molar-refractivity contribution in [1.29, 1.82) is 0 Å². The van der Waals surface area contributed by atoms with Crippen molar-refractivity contribution in [2.75, 3.05) is 37.7 Å². The van der Waals surface area contributed by atoms with Crippen molar-refractivity contribution in [3.05, 3.63) is 62.6 Å². The Bertz CT molecular complexity index is 1010. The number of nitro benzene ring substituents is 1. The molecule has 0 saturated carbocycles. The first-order valence-electron chi connectivity index (χ1n) is 9.33. The topological polar surface area (TPSA) is 102 Å². The molecule has 1 saturated heterocycles. The van der Waals surface area contributed by atoms with E-state index in [0.717, 1.165) is 0 Å². The van der Waals surface area contributed by atoms with Crippen molar-refractivity contribution in [2.24, 2.45) is 0 Å². The van der Waals surface area contributed by atoms with E-state index in [4.69, 9.17) is 9.47 Å². The lowest BCUT2D eigenvalue weighted by Crippen LogP contribution is -2.54. The highest BCUT2D eigenvalue weighted by Gasteiger charge is 2.37. The van der Waals surface area contributed by atoms with Crippen molar-refractivity contribution in [3.8, 4) is 5.75 Å². The summed E-state index contributed by atoms with van der Waals surface area (Å²) in [5.41, 5.74) is 0.460. The second-order valence-corrected chi connectivity index (χ2v) is 7.71. The molecule has 156 valence electrons. The molecule has 30 heavy (non-hydrogen) atoms. The Balaban J connectivity index is 1.66. The predicted molar refractivity (Wildman–Crippen MR) is 111 cm³/mol. The predicted octanol–water partition coefficient (Wildman–Crippen LogP) is 2.62. The molecule has 2 aliphatic rings. The Morgan fingerprint density at radius 3 is 2.60 bits per heavy atom. The maximum Gasteiger partial charge on any atom is 0.284 e. The van der Waals surface area contributed by atoms with Gasteiger partial charge in [-0.05, 0) is 40.2 Å². The van der Waals surface area contributed by atoms with Gasteiger partial charge >= 0.3 is 0 Å². The molecule has 2 amide bonds. The van der Waals surface area contributed by atoms with Crippen LogP contribution in [-0.2, 0) is 9.53 Å². The molecule has 0 spiro atoms. The standard InChI is InChI=1S/C20H18BrN3O6/c21-14-6-5-13(11-16(14)24(27)28)19(25)23-12-18(20(26)22-7-9-29-10-8-22)30-17-4-2-1-3-15(17)23/h1-6,11,18H,7-10,12H2/t18-/m0/s1. The first-order valence-corrected chi connectivity index (χ1v) is 10.1. The van der Waals surface area contributed by atoms with Gasteiger partial charge in [0.1, 0.15) is 5.75 Å². The van der Waals surface area contributed by atoms with Crippen LogP contribution in [0.15, 0.2) is 46.9 Å². The summed E-state index contributed by atoms with van der Waals surface area (Å²) in [5, 5.41) is 11.3. The number of hydrogen-bond acceptors (Lipinski definition) is 6. The third-order valence-corrected chi connectivity index (χ3v) is 5.68. The molecular formula is C20H18BrN3O6. The fourth-order valence-electron chi connectivity index (χ4n) is 3.48. The van der Waals surface area contributed by atoms with E-state index in [9.17, 15) is 19.7 Å². The van der Waals surface area contributed by atoms with Crippen LogP contribution in [0.1, 0.15) is 10.4 Å². The van der Waals surface area contributed by atoms with Gasteiger partial charge in [-0.15, -0.1) is 0 Å². The summed E-state index contributed by atoms with van der Waals surface area (Å²) in [7, 11) is 0. The van der Waals surface area contributed by atoms with Crippen molar-refractivity contribution in [2.45, 2.75) is 6.10 Å². The first-order chi connectivity index (χ1) is 14.5. The van der Waals surface area contributed by atoms with Gasteiger partial charge in [0.2, 0.25) is 0 Å². The number of para-hydroxylation sites is 2. The highest BCUT2D eigenvalue weighted by Crippen LogP contribution is 2.35. The fraction of sp³-hybridized carbons (Fsp3) is 0.300. The molecule has 0 aliphatic carbocycles. The second kappa shape index (κ2) is 8.41. The lowest BCUT2D eigenvalue weighted by Gasteiger charge is -2.37. The SMILES string of the molecule is O=C([C@@H]1CN(C(=O)c2ccc(Br)c([N+](=O)[O-])c2)c2ccccc2O1)N1CCOCC1. The Morgan fingerprint density at radius 1 is 1.13 bits per heavy atom. The number of carbonyl (C=O) groups is 2. The van der Waals surface area contributed by atoms with E-state index < -0.39 is 16.9 Å². The van der Waals surface area contributed by atoms with Crippen LogP contribution in [0.25, 0.3) is 0 Å². The molecule has 2 aliphatic heterocycles. The second-order valence-electron chi connectivity index (χ2n) is 6.85. The molecule has 10 heteroatoms. The fourth-order valence-corrected chi connectivity index (χ4v) is 3.88. The Labute approximate surface area is 180 Å². The molecule has 2 aromatic rings. The number of hydrogen-bond donors (Lipinski definition) is 0. The molecule has 0 unspecified atom stereocenters. The van der Waals surface area contributed by atoms with Crippen molar-refractivity contribution >= 4 is 39.1 Å². The van der Waals surface area contributed by atoms with E-state index in [1.807, 2.05) is 0 Å². The molecule has 0 radical (unpaired) electrons. The van der Waals surface area contributed by atoms with Gasteiger partial charge in [-0.25, -0.2) is 0 Å². The molecule has 0 bridgehead atoms. The average Bonchev–Trinajstić information content (AvgIpc) is 2.78. The summed E-state index contributed by atoms with van der Waals surface area (Å²) in [6.07, 6.45) is -0.868. The minimum Gasteiger partial charge on any atom is -0.476 e. The van der Waals surface area contributed by atoms with Crippen LogP contribution in [0.3, 0.4) is 0 Å². The maximum atomic E-state index is 13.3. The van der Waals surface area contributed by atoms with Gasteiger partial charge in [0, 0.05) is 24.7 Å². The number of morpholine rings is 1. The summed E-state index contributed by atoms with van der Waals surface area (Å²) >= 11 is 3.13. The summed E-state index contributed by atoms with van der Waals surface area (Å²) in [6.45, 7) is 1.86. The van der Waals surface area contributed by atoms with Gasteiger partial charge in [-0.1, -0.05) is 12.1 Å². The smallest absolute Gasteiger partial charge is 0.284 e. The third-order valence-electron chi connectivity index (χ3n) is 5.01. The quantitative estimate of drug-likeness (QED) is 0.499. The zero-order chi connectivity index (χ0) is 21.3. The van der Waals surface area contributed by atoms with E-state index in [-0.39, 0.29) is 28.2 Å². The number of ether oxygens (including phenoxy) is 2. The highest BCUT2D eigenvalue weighted by atomic mass is 79.9. The Hall–Kier alpha value is -2.98. The number of halogens is 1. The largest absolute Gasteiger partial charge is 0.476 e. The van der Waals surface area contributed by atoms with E-state index in [2.05, 4.69) is 15.9 Å². The molecule has 2 aromatic carbocycles. The van der Waals surface area contributed by atoms with Crippen LogP contribution >= 0.6 is 15.9 Å². The van der Waals surface area contributed by atoms with Crippen molar-refractivity contribution in [3.63, 3.8) is 0 Å². The number of carbonyl (C=O) groups excluding carboxylic acids is 2. The molecular weight excluding hydrogens is 458 g/mol. The minimum atomic E-state index is -0.868. The summed E-state index contributed by atoms with van der Waals surface area (Å²) in [5.74, 6) is -0.246. The number of anilines is 1. The molecule has 1 fully saturated rings. The van der Waals surface area contributed by atoms with E-state index in [1.165, 1.54) is 23.1 Å². The Kier molecular flexibility index (Phi) is 5.69. The normalized spacial score (nSPS) is 18.4. The van der Waals surface area contributed by atoms with Crippen molar-refractivity contribution < 1.29 is 24.0 Å².